The van der Waals surface area contributed by atoms with E-state index in [9.17, 15) is 14.7 Å². The van der Waals surface area contributed by atoms with E-state index in [4.69, 9.17) is 4.74 Å². The molecule has 0 spiro atoms. The molecule has 0 aromatic carbocycles. The first kappa shape index (κ1) is 25.8. The van der Waals surface area contributed by atoms with Crippen LogP contribution in [0, 0.1) is 11.8 Å². The van der Waals surface area contributed by atoms with Gasteiger partial charge in [0.25, 0.3) is 0 Å². The van der Waals surface area contributed by atoms with Crippen LogP contribution in [0.15, 0.2) is 12.2 Å². The maximum Gasteiger partial charge on any atom is 0.219 e. The third-order valence-electron chi connectivity index (χ3n) is 5.85. The quantitative estimate of drug-likeness (QED) is 0.272. The Bertz CT molecular complexity index is 478. The van der Waals surface area contributed by atoms with Gasteiger partial charge in [-0.1, -0.05) is 57.6 Å². The minimum absolute atomic E-state index is 0.120. The first-order valence-electron chi connectivity index (χ1n) is 11.7. The van der Waals surface area contributed by atoms with Crippen LogP contribution in [-0.2, 0) is 14.3 Å². The highest BCUT2D eigenvalue weighted by Crippen LogP contribution is 2.34. The third-order valence-corrected chi connectivity index (χ3v) is 5.85. The normalized spacial score (nSPS) is 20.4. The van der Waals surface area contributed by atoms with E-state index in [1.807, 2.05) is 6.08 Å². The van der Waals surface area contributed by atoms with Gasteiger partial charge in [-0.15, -0.1) is 0 Å². The van der Waals surface area contributed by atoms with Crippen molar-refractivity contribution in [3.8, 4) is 0 Å². The lowest BCUT2D eigenvalue weighted by Gasteiger charge is -2.15. The molecule has 3 atom stereocenters. The number of hydrogen-bond acceptors (Lipinski definition) is 4. The van der Waals surface area contributed by atoms with Gasteiger partial charge in [-0.3, -0.25) is 9.59 Å². The van der Waals surface area contributed by atoms with E-state index in [1.165, 1.54) is 0 Å². The van der Waals surface area contributed by atoms with E-state index in [2.05, 4.69) is 18.3 Å². The van der Waals surface area contributed by atoms with Crippen molar-refractivity contribution in [2.45, 2.75) is 96.5 Å². The number of amides is 1. The molecule has 0 radical (unpaired) electrons. The molecule has 1 aliphatic rings. The number of rotatable bonds is 17. The van der Waals surface area contributed by atoms with Crippen LogP contribution in [0.5, 0.6) is 0 Å². The molecule has 1 fully saturated rings. The first-order chi connectivity index (χ1) is 14.1. The molecule has 0 saturated heterocycles. The average Bonchev–Trinajstić information content (AvgIpc) is 3.06. The van der Waals surface area contributed by atoms with Crippen LogP contribution in [0.25, 0.3) is 0 Å². The number of aliphatic hydroxyl groups excluding tert-OH is 1. The number of ether oxygens (including phenoxy) is 1. The molecule has 5 nitrogen and oxygen atoms in total. The highest BCUT2D eigenvalue weighted by Gasteiger charge is 2.32. The summed E-state index contributed by atoms with van der Waals surface area (Å²) >= 11 is 0. The van der Waals surface area contributed by atoms with Crippen LogP contribution in [0.3, 0.4) is 0 Å². The van der Waals surface area contributed by atoms with Crippen molar-refractivity contribution in [3.05, 3.63) is 12.2 Å². The lowest BCUT2D eigenvalue weighted by atomic mass is 9.89. The molecule has 1 aliphatic carbocycles. The van der Waals surface area contributed by atoms with Gasteiger partial charge in [0, 0.05) is 39.0 Å². The molecule has 1 saturated carbocycles. The van der Waals surface area contributed by atoms with Crippen LogP contribution in [0.1, 0.15) is 90.4 Å². The zero-order valence-electron chi connectivity index (χ0n) is 18.7. The molecule has 1 rings (SSSR count). The number of Topliss-reactive ketones (excluding diaryl/α,β-unsaturated/α-hetero) is 1. The molecule has 2 N–H and O–H groups in total. The molecule has 0 bridgehead atoms. The number of methoxy groups -OCH3 is 1. The van der Waals surface area contributed by atoms with Crippen molar-refractivity contribution in [3.63, 3.8) is 0 Å². The van der Waals surface area contributed by atoms with Crippen molar-refractivity contribution in [1.82, 2.24) is 5.32 Å². The average molecular weight is 410 g/mol. The molecule has 168 valence electrons. The Morgan fingerprint density at radius 1 is 1.21 bits per heavy atom. The summed E-state index contributed by atoms with van der Waals surface area (Å²) in [5.41, 5.74) is 0. The summed E-state index contributed by atoms with van der Waals surface area (Å²) in [6, 6.07) is 0. The first-order valence-corrected chi connectivity index (χ1v) is 11.7. The lowest BCUT2D eigenvalue weighted by molar-refractivity contribution is -0.121. The zero-order chi connectivity index (χ0) is 21.3. The predicted octanol–water partition coefficient (Wildman–Crippen LogP) is 4.57. The highest BCUT2D eigenvalue weighted by molar-refractivity contribution is 5.83. The Labute approximate surface area is 177 Å². The maximum absolute atomic E-state index is 12.2. The Morgan fingerprint density at radius 2 is 2.00 bits per heavy atom. The van der Waals surface area contributed by atoms with E-state index in [1.54, 1.807) is 7.11 Å². The summed E-state index contributed by atoms with van der Waals surface area (Å²) in [7, 11) is 1.66. The SMILES string of the molecule is CCCCCC(O)C=CC1CCC(=O)C1CCCCCCC(=O)NCCCOC. The van der Waals surface area contributed by atoms with Crippen molar-refractivity contribution < 1.29 is 19.4 Å². The monoisotopic (exact) mass is 409 g/mol. The number of hydrogen-bond donors (Lipinski definition) is 2. The third kappa shape index (κ3) is 12.2. The van der Waals surface area contributed by atoms with Gasteiger partial charge in [0.1, 0.15) is 5.78 Å². The van der Waals surface area contributed by atoms with Gasteiger partial charge in [-0.2, -0.15) is 0 Å². The Hall–Kier alpha value is -1.20. The van der Waals surface area contributed by atoms with Crippen molar-refractivity contribution in [2.24, 2.45) is 11.8 Å². The zero-order valence-corrected chi connectivity index (χ0v) is 18.7. The minimum atomic E-state index is -0.376. The largest absolute Gasteiger partial charge is 0.389 e. The second-order valence-electron chi connectivity index (χ2n) is 8.37. The molecular formula is C24H43NO4. The van der Waals surface area contributed by atoms with Crippen LogP contribution in [0.2, 0.25) is 0 Å². The number of aliphatic hydroxyl groups is 1. The standard InChI is InChI=1S/C24H43NO4/c1-3-4-7-11-21(26)16-14-20-15-17-23(27)22(20)12-8-5-6-9-13-24(28)25-18-10-19-29-2/h14,16,20-22,26H,3-13,15,17-19H2,1-2H3,(H,25,28). The van der Waals surface area contributed by atoms with Crippen molar-refractivity contribution >= 4 is 11.7 Å². The van der Waals surface area contributed by atoms with Gasteiger partial charge in [0.05, 0.1) is 6.10 Å². The number of allylic oxidation sites excluding steroid dienone is 1. The van der Waals surface area contributed by atoms with Crippen LogP contribution >= 0.6 is 0 Å². The van der Waals surface area contributed by atoms with Gasteiger partial charge in [-0.25, -0.2) is 0 Å². The van der Waals surface area contributed by atoms with Crippen LogP contribution in [-0.4, -0.2) is 43.2 Å². The van der Waals surface area contributed by atoms with Gasteiger partial charge in [0.15, 0.2) is 0 Å². The summed E-state index contributed by atoms with van der Waals surface area (Å²) in [5, 5.41) is 13.0. The minimum Gasteiger partial charge on any atom is -0.389 e. The fourth-order valence-electron chi connectivity index (χ4n) is 4.05. The van der Waals surface area contributed by atoms with Crippen LogP contribution < -0.4 is 5.32 Å². The highest BCUT2D eigenvalue weighted by atomic mass is 16.5. The number of unbranched alkanes of at least 4 members (excludes halogenated alkanes) is 5. The van der Waals surface area contributed by atoms with Gasteiger partial charge in [-0.05, 0) is 38.0 Å². The van der Waals surface area contributed by atoms with E-state index >= 15 is 0 Å². The summed E-state index contributed by atoms with van der Waals surface area (Å²) in [6.45, 7) is 3.52. The molecule has 1 amide bonds. The molecular weight excluding hydrogens is 366 g/mol. The smallest absolute Gasteiger partial charge is 0.219 e. The van der Waals surface area contributed by atoms with Crippen molar-refractivity contribution in [1.29, 1.82) is 0 Å². The van der Waals surface area contributed by atoms with E-state index < -0.39 is 0 Å². The molecule has 0 aliphatic heterocycles. The number of nitrogens with one attached hydrogen (secondary N) is 1. The molecule has 0 aromatic rings. The molecule has 3 unspecified atom stereocenters. The second-order valence-corrected chi connectivity index (χ2v) is 8.37. The molecule has 0 aromatic heterocycles. The Morgan fingerprint density at radius 3 is 2.76 bits per heavy atom. The van der Waals surface area contributed by atoms with E-state index in [-0.39, 0.29) is 17.9 Å². The molecule has 29 heavy (non-hydrogen) atoms. The Kier molecular flexibility index (Phi) is 14.8. The molecule has 5 heteroatoms. The summed E-state index contributed by atoms with van der Waals surface area (Å²) < 4.78 is 4.96. The lowest BCUT2D eigenvalue weighted by Crippen LogP contribution is -2.24. The number of ketones is 1. The number of carbonyl (C=O) groups excluding carboxylic acids is 2. The summed E-state index contributed by atoms with van der Waals surface area (Å²) in [6.07, 6.45) is 15.8. The Balaban J connectivity index is 2.16. The fourth-order valence-corrected chi connectivity index (χ4v) is 4.05. The predicted molar refractivity (Wildman–Crippen MR) is 118 cm³/mol. The maximum atomic E-state index is 12.2. The summed E-state index contributed by atoms with van der Waals surface area (Å²) in [4.78, 5) is 24.0. The van der Waals surface area contributed by atoms with Gasteiger partial charge >= 0.3 is 0 Å². The molecule has 0 heterocycles. The van der Waals surface area contributed by atoms with Crippen molar-refractivity contribution in [2.75, 3.05) is 20.3 Å². The van der Waals surface area contributed by atoms with Crippen LogP contribution in [0.4, 0.5) is 0 Å². The summed E-state index contributed by atoms with van der Waals surface area (Å²) in [5.74, 6) is 0.921. The second kappa shape index (κ2) is 16.6. The van der Waals surface area contributed by atoms with Gasteiger partial charge in [0.2, 0.25) is 5.91 Å². The van der Waals surface area contributed by atoms with Gasteiger partial charge < -0.3 is 15.2 Å². The van der Waals surface area contributed by atoms with E-state index in [0.717, 1.165) is 70.6 Å². The topological polar surface area (TPSA) is 75.6 Å². The fraction of sp³-hybridized carbons (Fsp3) is 0.833. The van der Waals surface area contributed by atoms with E-state index in [0.29, 0.717) is 37.7 Å². The number of carbonyl (C=O) groups is 2.